The molecular formula is C21H23N3O6S. The van der Waals surface area contributed by atoms with Crippen LogP contribution >= 0.6 is 11.3 Å². The number of methoxy groups -OCH3 is 3. The molecule has 31 heavy (non-hydrogen) atoms. The predicted molar refractivity (Wildman–Crippen MR) is 118 cm³/mol. The van der Waals surface area contributed by atoms with E-state index in [1.165, 1.54) is 36.8 Å². The molecule has 3 rings (SSSR count). The van der Waals surface area contributed by atoms with Crippen molar-refractivity contribution in [3.8, 4) is 45.8 Å². The van der Waals surface area contributed by atoms with E-state index in [-0.39, 0.29) is 5.56 Å². The van der Waals surface area contributed by atoms with Crippen molar-refractivity contribution in [3.63, 3.8) is 0 Å². The molecule has 0 aliphatic heterocycles. The van der Waals surface area contributed by atoms with Crippen LogP contribution in [0.5, 0.6) is 34.5 Å². The van der Waals surface area contributed by atoms with E-state index in [1.54, 1.807) is 31.0 Å². The number of phenolic OH excluding ortho intramolecular Hbond substituents is 3. The number of thiazole rings is 1. The zero-order chi connectivity index (χ0) is 22.5. The summed E-state index contributed by atoms with van der Waals surface area (Å²) in [5.74, 6) is -0.0348. The first-order valence-corrected chi connectivity index (χ1v) is 10.1. The van der Waals surface area contributed by atoms with Gasteiger partial charge in [-0.2, -0.15) is 5.10 Å². The summed E-state index contributed by atoms with van der Waals surface area (Å²) in [7, 11) is 4.62. The Morgan fingerprint density at radius 2 is 1.68 bits per heavy atom. The summed E-state index contributed by atoms with van der Waals surface area (Å²) in [4.78, 5) is 5.10. The van der Waals surface area contributed by atoms with Crippen molar-refractivity contribution in [2.45, 2.75) is 6.92 Å². The minimum Gasteiger partial charge on any atom is -0.504 e. The van der Waals surface area contributed by atoms with Crippen LogP contribution < -0.4 is 19.0 Å². The highest BCUT2D eigenvalue weighted by molar-refractivity contribution is 7.07. The van der Waals surface area contributed by atoms with Crippen molar-refractivity contribution >= 4 is 17.6 Å². The topological polar surface area (TPSA) is 118 Å². The molecule has 0 saturated heterocycles. The van der Waals surface area contributed by atoms with Crippen molar-refractivity contribution in [2.75, 3.05) is 27.9 Å². The third kappa shape index (κ3) is 4.29. The lowest BCUT2D eigenvalue weighted by Gasteiger charge is -2.14. The third-order valence-corrected chi connectivity index (χ3v) is 5.27. The van der Waals surface area contributed by atoms with Gasteiger partial charge in [-0.15, -0.1) is 11.3 Å². The van der Waals surface area contributed by atoms with Gasteiger partial charge in [0.05, 0.1) is 33.2 Å². The fourth-order valence-electron chi connectivity index (χ4n) is 2.89. The normalized spacial score (nSPS) is 11.8. The van der Waals surface area contributed by atoms with Crippen LogP contribution in [0, 0.1) is 0 Å². The highest BCUT2D eigenvalue weighted by atomic mass is 32.1. The van der Waals surface area contributed by atoms with E-state index in [0.717, 1.165) is 5.56 Å². The number of aromatic hydroxyl groups is 3. The fraction of sp³-hybridized carbons (Fsp3) is 0.238. The summed E-state index contributed by atoms with van der Waals surface area (Å²) in [5, 5.41) is 35.7. The molecule has 2 aromatic carbocycles. The average molecular weight is 445 g/mol. The van der Waals surface area contributed by atoms with Gasteiger partial charge >= 0.3 is 0 Å². The SMILES string of the molecule is CCN=c1scc(-c2cc(OC)c(OC)c(OC)c2)n1N=Cc1ccc(O)c(O)c1O. The van der Waals surface area contributed by atoms with E-state index in [2.05, 4.69) is 10.1 Å². The number of ether oxygens (including phenoxy) is 3. The van der Waals surface area contributed by atoms with Gasteiger partial charge in [-0.25, -0.2) is 4.68 Å². The molecule has 0 fully saturated rings. The van der Waals surface area contributed by atoms with Crippen molar-refractivity contribution < 1.29 is 29.5 Å². The van der Waals surface area contributed by atoms with Crippen molar-refractivity contribution in [3.05, 3.63) is 40.0 Å². The first-order valence-electron chi connectivity index (χ1n) is 9.24. The van der Waals surface area contributed by atoms with Crippen molar-refractivity contribution in [2.24, 2.45) is 10.1 Å². The van der Waals surface area contributed by atoms with Gasteiger partial charge < -0.3 is 29.5 Å². The molecule has 0 bridgehead atoms. The smallest absolute Gasteiger partial charge is 0.206 e. The summed E-state index contributed by atoms with van der Waals surface area (Å²) >= 11 is 1.40. The first kappa shape index (κ1) is 22.0. The molecular weight excluding hydrogens is 422 g/mol. The van der Waals surface area contributed by atoms with Crippen LogP contribution in [0.15, 0.2) is 39.7 Å². The Bertz CT molecular complexity index is 1160. The number of nitrogens with zero attached hydrogens (tertiary/aromatic N) is 3. The quantitative estimate of drug-likeness (QED) is 0.380. The predicted octanol–water partition coefficient (Wildman–Crippen LogP) is 3.16. The molecule has 0 amide bonds. The van der Waals surface area contributed by atoms with Crippen LogP contribution in [0.1, 0.15) is 12.5 Å². The largest absolute Gasteiger partial charge is 0.504 e. The zero-order valence-electron chi connectivity index (χ0n) is 17.5. The van der Waals surface area contributed by atoms with Crippen LogP contribution in [0.3, 0.4) is 0 Å². The number of aromatic nitrogens is 1. The second kappa shape index (κ2) is 9.43. The lowest BCUT2D eigenvalue weighted by Crippen LogP contribution is -2.12. The molecule has 10 heteroatoms. The lowest BCUT2D eigenvalue weighted by atomic mass is 10.1. The summed E-state index contributed by atoms with van der Waals surface area (Å²) in [6, 6.07) is 6.31. The molecule has 164 valence electrons. The van der Waals surface area contributed by atoms with Crippen LogP contribution in [0.2, 0.25) is 0 Å². The number of benzene rings is 2. The van der Waals surface area contributed by atoms with Gasteiger partial charge in [0.15, 0.2) is 23.0 Å². The van der Waals surface area contributed by atoms with E-state index < -0.39 is 17.2 Å². The van der Waals surface area contributed by atoms with Crippen LogP contribution in [-0.4, -0.2) is 54.1 Å². The van der Waals surface area contributed by atoms with E-state index in [0.29, 0.717) is 34.3 Å². The molecule has 0 radical (unpaired) electrons. The molecule has 1 heterocycles. The Labute approximate surface area is 182 Å². The van der Waals surface area contributed by atoms with Gasteiger partial charge in [-0.3, -0.25) is 4.99 Å². The molecule has 9 nitrogen and oxygen atoms in total. The maximum Gasteiger partial charge on any atom is 0.206 e. The maximum absolute atomic E-state index is 10.1. The van der Waals surface area contributed by atoms with Crippen LogP contribution in [0.4, 0.5) is 0 Å². The zero-order valence-corrected chi connectivity index (χ0v) is 18.3. The Balaban J connectivity index is 2.17. The molecule has 3 aromatic rings. The Hall–Kier alpha value is -3.66. The monoisotopic (exact) mass is 445 g/mol. The summed E-state index contributed by atoms with van der Waals surface area (Å²) < 4.78 is 17.9. The van der Waals surface area contributed by atoms with Crippen LogP contribution in [0.25, 0.3) is 11.3 Å². The molecule has 3 N–H and O–H groups in total. The van der Waals surface area contributed by atoms with Crippen molar-refractivity contribution in [1.82, 2.24) is 4.68 Å². The molecule has 0 atom stereocenters. The van der Waals surface area contributed by atoms with E-state index >= 15 is 0 Å². The Morgan fingerprint density at radius 3 is 2.26 bits per heavy atom. The van der Waals surface area contributed by atoms with Gasteiger partial charge in [0.25, 0.3) is 0 Å². The molecule has 0 unspecified atom stereocenters. The van der Waals surface area contributed by atoms with Crippen LogP contribution in [-0.2, 0) is 0 Å². The van der Waals surface area contributed by atoms with E-state index in [9.17, 15) is 15.3 Å². The lowest BCUT2D eigenvalue weighted by molar-refractivity contribution is 0.324. The number of hydrogen-bond donors (Lipinski definition) is 3. The fourth-order valence-corrected chi connectivity index (χ4v) is 3.79. The van der Waals surface area contributed by atoms with Gasteiger partial charge in [0.2, 0.25) is 16.3 Å². The standard InChI is InChI=1S/C21H23N3O6S/c1-5-22-21-24(23-10-12-6-7-15(25)19(27)18(12)26)14(11-31-21)13-8-16(28-2)20(30-4)17(9-13)29-3/h6-11,25-27H,5H2,1-4H3. The number of phenols is 3. The van der Waals surface area contributed by atoms with Gasteiger partial charge in [-0.05, 0) is 31.2 Å². The summed E-state index contributed by atoms with van der Waals surface area (Å²) in [5.41, 5.74) is 1.68. The second-order valence-electron chi connectivity index (χ2n) is 6.22. The molecule has 0 saturated carbocycles. The number of rotatable bonds is 7. The molecule has 0 aliphatic carbocycles. The van der Waals surface area contributed by atoms with Gasteiger partial charge in [-0.1, -0.05) is 0 Å². The first-order chi connectivity index (χ1) is 14.9. The Kier molecular flexibility index (Phi) is 6.71. The summed E-state index contributed by atoms with van der Waals surface area (Å²) in [6.45, 7) is 2.46. The maximum atomic E-state index is 10.1. The third-order valence-electron chi connectivity index (χ3n) is 4.41. The van der Waals surface area contributed by atoms with Crippen molar-refractivity contribution in [1.29, 1.82) is 0 Å². The Morgan fingerprint density at radius 1 is 1.00 bits per heavy atom. The highest BCUT2D eigenvalue weighted by Crippen LogP contribution is 2.41. The van der Waals surface area contributed by atoms with Gasteiger partial charge in [0.1, 0.15) is 0 Å². The minimum atomic E-state index is -0.609. The molecule has 1 aromatic heterocycles. The van der Waals surface area contributed by atoms with E-state index in [1.807, 2.05) is 12.3 Å². The minimum absolute atomic E-state index is 0.229. The highest BCUT2D eigenvalue weighted by Gasteiger charge is 2.17. The molecule has 0 aliphatic rings. The number of hydrogen-bond acceptors (Lipinski definition) is 9. The molecule has 0 spiro atoms. The summed E-state index contributed by atoms with van der Waals surface area (Å²) in [6.07, 6.45) is 1.37. The average Bonchev–Trinajstić information content (AvgIpc) is 3.18. The second-order valence-corrected chi connectivity index (χ2v) is 7.06. The van der Waals surface area contributed by atoms with E-state index in [4.69, 9.17) is 14.2 Å². The van der Waals surface area contributed by atoms with Gasteiger partial charge in [0, 0.05) is 23.1 Å².